The Morgan fingerprint density at radius 2 is 0.820 bits per heavy atom. The standard InChI is InChI=1S/C48H36N2/c1-4-12-35(13-5-1)37-20-27-42(28-21-37)49(41-16-8-3-9-17-41)43-29-24-39(25-30-43)40-26-33-48-46(34-40)45-18-10-11-19-47(45)50(48)44-31-22-38(23-32-44)36-14-6-2-7-15-36/h1-9,12-34H,10-11H2. The van der Waals surface area contributed by atoms with Crippen LogP contribution in [0.5, 0.6) is 0 Å². The zero-order valence-corrected chi connectivity index (χ0v) is 27.8. The van der Waals surface area contributed by atoms with E-state index >= 15 is 0 Å². The summed E-state index contributed by atoms with van der Waals surface area (Å²) in [6.07, 6.45) is 6.95. The maximum Gasteiger partial charge on any atom is 0.0541 e. The SMILES string of the molecule is C1=c2c(n(-c3ccc(-c4ccccc4)cc3)c3ccc(-c4ccc(N(c5ccccc5)c5ccc(-c6ccccc6)cc5)cc4)cc23)=CCC1. The molecule has 0 amide bonds. The molecule has 238 valence electrons. The monoisotopic (exact) mass is 640 g/mol. The van der Waals surface area contributed by atoms with Crippen molar-refractivity contribution < 1.29 is 0 Å². The van der Waals surface area contributed by atoms with E-state index in [4.69, 9.17) is 0 Å². The smallest absolute Gasteiger partial charge is 0.0541 e. The molecule has 0 atom stereocenters. The van der Waals surface area contributed by atoms with E-state index in [9.17, 15) is 0 Å². The van der Waals surface area contributed by atoms with E-state index in [-0.39, 0.29) is 0 Å². The maximum absolute atomic E-state index is 2.43. The van der Waals surface area contributed by atoms with Crippen molar-refractivity contribution in [3.63, 3.8) is 0 Å². The van der Waals surface area contributed by atoms with Crippen molar-refractivity contribution >= 4 is 40.1 Å². The largest absolute Gasteiger partial charge is 0.311 e. The Balaban J connectivity index is 1.07. The van der Waals surface area contributed by atoms with E-state index in [0.29, 0.717) is 0 Å². The summed E-state index contributed by atoms with van der Waals surface area (Å²) < 4.78 is 2.43. The molecule has 7 aromatic carbocycles. The highest BCUT2D eigenvalue weighted by Crippen LogP contribution is 2.37. The van der Waals surface area contributed by atoms with Crippen LogP contribution >= 0.6 is 0 Å². The second-order valence-electron chi connectivity index (χ2n) is 12.9. The average molecular weight is 641 g/mol. The zero-order valence-electron chi connectivity index (χ0n) is 27.8. The van der Waals surface area contributed by atoms with Crippen LogP contribution in [-0.2, 0) is 0 Å². The van der Waals surface area contributed by atoms with Crippen molar-refractivity contribution in [1.29, 1.82) is 0 Å². The van der Waals surface area contributed by atoms with Gasteiger partial charge < -0.3 is 9.47 Å². The summed E-state index contributed by atoms with van der Waals surface area (Å²) in [5.41, 5.74) is 13.1. The molecule has 1 aliphatic carbocycles. The molecule has 0 saturated carbocycles. The molecular weight excluding hydrogens is 605 g/mol. The van der Waals surface area contributed by atoms with Crippen molar-refractivity contribution in [3.05, 3.63) is 193 Å². The molecule has 2 heteroatoms. The number of nitrogens with zero attached hydrogens (tertiary/aromatic N) is 2. The maximum atomic E-state index is 2.43. The lowest BCUT2D eigenvalue weighted by Gasteiger charge is -2.26. The minimum atomic E-state index is 1.06. The number of fused-ring (bicyclic) bond motifs is 3. The summed E-state index contributed by atoms with van der Waals surface area (Å²) >= 11 is 0. The predicted octanol–water partition coefficient (Wildman–Crippen LogP) is 11.5. The second-order valence-corrected chi connectivity index (χ2v) is 12.9. The number of benzene rings is 7. The van der Waals surface area contributed by atoms with Crippen molar-refractivity contribution in [3.8, 4) is 39.1 Å². The Morgan fingerprint density at radius 1 is 0.380 bits per heavy atom. The molecule has 0 saturated heterocycles. The Kier molecular flexibility index (Phi) is 7.68. The van der Waals surface area contributed by atoms with Crippen molar-refractivity contribution in [1.82, 2.24) is 4.57 Å². The van der Waals surface area contributed by atoms with Gasteiger partial charge in [-0.15, -0.1) is 0 Å². The van der Waals surface area contributed by atoms with E-state index in [1.54, 1.807) is 0 Å². The van der Waals surface area contributed by atoms with Gasteiger partial charge >= 0.3 is 0 Å². The highest BCUT2D eigenvalue weighted by atomic mass is 15.1. The summed E-state index contributed by atoms with van der Waals surface area (Å²) in [5.74, 6) is 0. The molecular formula is C48H36N2. The third kappa shape index (κ3) is 5.51. The van der Waals surface area contributed by atoms with E-state index < -0.39 is 0 Å². The number of anilines is 3. The van der Waals surface area contributed by atoms with Crippen LogP contribution in [0.2, 0.25) is 0 Å². The Morgan fingerprint density at radius 3 is 1.40 bits per heavy atom. The van der Waals surface area contributed by atoms with E-state index in [1.807, 2.05) is 0 Å². The molecule has 0 fully saturated rings. The molecule has 0 unspecified atom stereocenters. The highest BCUT2D eigenvalue weighted by Gasteiger charge is 2.15. The lowest BCUT2D eigenvalue weighted by molar-refractivity contribution is 1.02. The van der Waals surface area contributed by atoms with Crippen molar-refractivity contribution in [2.45, 2.75) is 12.8 Å². The van der Waals surface area contributed by atoms with Gasteiger partial charge in [0.25, 0.3) is 0 Å². The van der Waals surface area contributed by atoms with Gasteiger partial charge in [-0.3, -0.25) is 0 Å². The lowest BCUT2D eigenvalue weighted by atomic mass is 10.0. The fourth-order valence-corrected chi connectivity index (χ4v) is 7.35. The topological polar surface area (TPSA) is 8.17 Å². The summed E-state index contributed by atoms with van der Waals surface area (Å²) in [6.45, 7) is 0. The zero-order chi connectivity index (χ0) is 33.3. The molecule has 50 heavy (non-hydrogen) atoms. The van der Waals surface area contributed by atoms with E-state index in [2.05, 4.69) is 204 Å². The van der Waals surface area contributed by atoms with Gasteiger partial charge in [0.2, 0.25) is 0 Å². The molecule has 1 aliphatic rings. The van der Waals surface area contributed by atoms with Crippen molar-refractivity contribution in [2.75, 3.05) is 4.90 Å². The molecule has 0 spiro atoms. The molecule has 0 N–H and O–H groups in total. The van der Waals surface area contributed by atoms with Crippen LogP contribution in [0.1, 0.15) is 12.8 Å². The predicted molar refractivity (Wildman–Crippen MR) is 212 cm³/mol. The number of aromatic nitrogens is 1. The summed E-state index contributed by atoms with van der Waals surface area (Å²) in [4.78, 5) is 2.33. The summed E-state index contributed by atoms with van der Waals surface area (Å²) in [6, 6.07) is 65.5. The van der Waals surface area contributed by atoms with Crippen LogP contribution in [-0.4, -0.2) is 4.57 Å². The minimum Gasteiger partial charge on any atom is -0.311 e. The normalized spacial score (nSPS) is 12.2. The molecule has 0 bridgehead atoms. The number of hydrogen-bond donors (Lipinski definition) is 0. The molecule has 2 nitrogen and oxygen atoms in total. The summed E-state index contributed by atoms with van der Waals surface area (Å²) in [7, 11) is 0. The fraction of sp³-hybridized carbons (Fsp3) is 0.0417. The molecule has 8 aromatic rings. The van der Waals surface area contributed by atoms with Gasteiger partial charge in [-0.05, 0) is 107 Å². The molecule has 1 heterocycles. The third-order valence-corrected chi connectivity index (χ3v) is 9.84. The third-order valence-electron chi connectivity index (χ3n) is 9.84. The average Bonchev–Trinajstić information content (AvgIpc) is 3.53. The molecule has 9 rings (SSSR count). The van der Waals surface area contributed by atoms with Crippen LogP contribution in [0.15, 0.2) is 182 Å². The Labute approximate surface area is 293 Å². The number of para-hydroxylation sites is 1. The van der Waals surface area contributed by atoms with Gasteiger partial charge in [-0.2, -0.15) is 0 Å². The van der Waals surface area contributed by atoms with E-state index in [0.717, 1.165) is 29.9 Å². The van der Waals surface area contributed by atoms with Crippen LogP contribution in [0, 0.1) is 0 Å². The Hall–Kier alpha value is -6.38. The van der Waals surface area contributed by atoms with Crippen LogP contribution in [0.4, 0.5) is 17.1 Å². The summed E-state index contributed by atoms with van der Waals surface area (Å²) in [5, 5.41) is 3.93. The first kappa shape index (κ1) is 29.7. The number of rotatable bonds is 7. The van der Waals surface area contributed by atoms with Crippen LogP contribution in [0.3, 0.4) is 0 Å². The first-order valence-electron chi connectivity index (χ1n) is 17.4. The number of hydrogen-bond acceptors (Lipinski definition) is 1. The second kappa shape index (κ2) is 12.9. The van der Waals surface area contributed by atoms with Gasteiger partial charge in [0, 0.05) is 38.7 Å². The minimum absolute atomic E-state index is 1.06. The molecule has 1 aromatic heterocycles. The van der Waals surface area contributed by atoms with Crippen molar-refractivity contribution in [2.24, 2.45) is 0 Å². The van der Waals surface area contributed by atoms with Crippen LogP contribution in [0.25, 0.3) is 62.1 Å². The first-order chi connectivity index (χ1) is 24.8. The van der Waals surface area contributed by atoms with Gasteiger partial charge in [0.1, 0.15) is 0 Å². The van der Waals surface area contributed by atoms with Crippen LogP contribution < -0.4 is 15.5 Å². The van der Waals surface area contributed by atoms with Gasteiger partial charge in [-0.1, -0.05) is 133 Å². The van der Waals surface area contributed by atoms with E-state index in [1.165, 1.54) is 60.5 Å². The molecule has 0 radical (unpaired) electrons. The van der Waals surface area contributed by atoms with Gasteiger partial charge in [0.05, 0.1) is 5.52 Å². The fourth-order valence-electron chi connectivity index (χ4n) is 7.35. The Bertz CT molecular complexity index is 2530. The highest BCUT2D eigenvalue weighted by molar-refractivity contribution is 5.89. The lowest BCUT2D eigenvalue weighted by Crippen LogP contribution is -2.30. The van der Waals surface area contributed by atoms with Gasteiger partial charge in [0.15, 0.2) is 0 Å². The molecule has 0 aliphatic heterocycles. The van der Waals surface area contributed by atoms with Gasteiger partial charge in [-0.25, -0.2) is 0 Å². The first-order valence-corrected chi connectivity index (χ1v) is 17.4. The quantitative estimate of drug-likeness (QED) is 0.168.